The molecule has 0 heterocycles. The van der Waals surface area contributed by atoms with Gasteiger partial charge in [-0.25, -0.2) is 0 Å². The molecule has 3 aromatic rings. The van der Waals surface area contributed by atoms with Crippen LogP contribution in [-0.2, 0) is 11.2 Å². The second-order valence-electron chi connectivity index (χ2n) is 6.44. The zero-order valence-electron chi connectivity index (χ0n) is 16.7. The summed E-state index contributed by atoms with van der Waals surface area (Å²) in [5, 5.41) is 2.89. The van der Waals surface area contributed by atoms with Crippen molar-refractivity contribution in [1.29, 1.82) is 0 Å². The number of ether oxygens (including phenoxy) is 3. The van der Waals surface area contributed by atoms with Crippen LogP contribution in [-0.4, -0.2) is 33.3 Å². The number of para-hydroxylation sites is 1. The van der Waals surface area contributed by atoms with Crippen molar-refractivity contribution in [3.8, 4) is 28.4 Å². The fourth-order valence-electron chi connectivity index (χ4n) is 3.03. The molecule has 0 unspecified atom stereocenters. The van der Waals surface area contributed by atoms with Crippen LogP contribution in [0.15, 0.2) is 72.8 Å². The van der Waals surface area contributed by atoms with E-state index >= 15 is 0 Å². The predicted molar refractivity (Wildman–Crippen MR) is 114 cm³/mol. The van der Waals surface area contributed by atoms with Gasteiger partial charge in [-0.1, -0.05) is 54.6 Å². The van der Waals surface area contributed by atoms with Gasteiger partial charge in [0.05, 0.1) is 14.2 Å². The van der Waals surface area contributed by atoms with Gasteiger partial charge in [-0.15, -0.1) is 0 Å². The Kier molecular flexibility index (Phi) is 7.11. The molecule has 0 aliphatic carbocycles. The van der Waals surface area contributed by atoms with Gasteiger partial charge < -0.3 is 19.5 Å². The van der Waals surface area contributed by atoms with Crippen molar-refractivity contribution >= 4 is 5.91 Å². The number of carbonyl (C=O) groups is 1. The van der Waals surface area contributed by atoms with Gasteiger partial charge in [0.25, 0.3) is 5.91 Å². The van der Waals surface area contributed by atoms with Gasteiger partial charge >= 0.3 is 0 Å². The summed E-state index contributed by atoms with van der Waals surface area (Å²) < 4.78 is 16.3. The number of hydrogen-bond acceptors (Lipinski definition) is 4. The van der Waals surface area contributed by atoms with Crippen molar-refractivity contribution in [2.75, 3.05) is 27.4 Å². The Morgan fingerprint density at radius 2 is 1.55 bits per heavy atom. The van der Waals surface area contributed by atoms with E-state index in [0.29, 0.717) is 30.2 Å². The number of benzene rings is 3. The van der Waals surface area contributed by atoms with E-state index in [-0.39, 0.29) is 12.5 Å². The smallest absolute Gasteiger partial charge is 0.257 e. The molecule has 29 heavy (non-hydrogen) atoms. The molecule has 0 aromatic heterocycles. The van der Waals surface area contributed by atoms with Crippen molar-refractivity contribution in [1.82, 2.24) is 5.32 Å². The average Bonchev–Trinajstić information content (AvgIpc) is 2.78. The molecule has 0 bridgehead atoms. The first-order valence-corrected chi connectivity index (χ1v) is 9.46. The van der Waals surface area contributed by atoms with Crippen molar-refractivity contribution < 1.29 is 19.0 Å². The third-order valence-corrected chi connectivity index (χ3v) is 4.51. The Labute approximate surface area is 171 Å². The highest BCUT2D eigenvalue weighted by molar-refractivity contribution is 5.78. The molecule has 0 atom stereocenters. The number of methoxy groups -OCH3 is 2. The molecule has 5 nitrogen and oxygen atoms in total. The molecule has 0 aliphatic heterocycles. The van der Waals surface area contributed by atoms with Gasteiger partial charge in [0.1, 0.15) is 5.75 Å². The van der Waals surface area contributed by atoms with E-state index < -0.39 is 0 Å². The largest absolute Gasteiger partial charge is 0.493 e. The first-order valence-electron chi connectivity index (χ1n) is 9.46. The minimum atomic E-state index is -0.159. The fraction of sp³-hybridized carbons (Fsp3) is 0.208. The van der Waals surface area contributed by atoms with E-state index in [2.05, 4.69) is 5.32 Å². The molecular weight excluding hydrogens is 366 g/mol. The minimum Gasteiger partial charge on any atom is -0.493 e. The molecule has 0 radical (unpaired) electrons. The van der Waals surface area contributed by atoms with Crippen LogP contribution < -0.4 is 19.5 Å². The van der Waals surface area contributed by atoms with E-state index in [1.54, 1.807) is 14.2 Å². The molecule has 1 N–H and O–H groups in total. The van der Waals surface area contributed by atoms with Crippen LogP contribution in [0, 0.1) is 0 Å². The van der Waals surface area contributed by atoms with E-state index in [4.69, 9.17) is 14.2 Å². The summed E-state index contributed by atoms with van der Waals surface area (Å²) in [7, 11) is 3.21. The monoisotopic (exact) mass is 391 g/mol. The normalized spacial score (nSPS) is 10.3. The van der Waals surface area contributed by atoms with E-state index in [1.807, 2.05) is 72.8 Å². The molecule has 0 saturated heterocycles. The lowest BCUT2D eigenvalue weighted by atomic mass is 10.1. The molecule has 0 spiro atoms. The standard InChI is InChI=1S/C24H25NO4/c1-27-22-13-12-18(16-23(22)28-2)14-15-25-24(26)17-29-21-11-7-6-10-20(21)19-8-4-3-5-9-19/h3-13,16H,14-15,17H2,1-2H3,(H,25,26). The lowest BCUT2D eigenvalue weighted by Crippen LogP contribution is -2.30. The highest BCUT2D eigenvalue weighted by atomic mass is 16.5. The fourth-order valence-corrected chi connectivity index (χ4v) is 3.03. The van der Waals surface area contributed by atoms with Gasteiger partial charge in [-0.3, -0.25) is 4.79 Å². The van der Waals surface area contributed by atoms with Crippen LogP contribution in [0.4, 0.5) is 0 Å². The first kappa shape index (κ1) is 20.3. The van der Waals surface area contributed by atoms with Gasteiger partial charge in [-0.2, -0.15) is 0 Å². The zero-order chi connectivity index (χ0) is 20.5. The Balaban J connectivity index is 1.51. The summed E-state index contributed by atoms with van der Waals surface area (Å²) in [5.41, 5.74) is 3.07. The van der Waals surface area contributed by atoms with Crippen LogP contribution in [0.5, 0.6) is 17.2 Å². The van der Waals surface area contributed by atoms with Crippen LogP contribution in [0.2, 0.25) is 0 Å². The molecular formula is C24H25NO4. The maximum Gasteiger partial charge on any atom is 0.257 e. The second kappa shape index (κ2) is 10.2. The Morgan fingerprint density at radius 1 is 0.828 bits per heavy atom. The Bertz CT molecular complexity index is 941. The maximum absolute atomic E-state index is 12.2. The van der Waals surface area contributed by atoms with Crippen molar-refractivity contribution in [2.45, 2.75) is 6.42 Å². The number of nitrogens with one attached hydrogen (secondary N) is 1. The van der Waals surface area contributed by atoms with Crippen molar-refractivity contribution in [3.05, 3.63) is 78.4 Å². The molecule has 0 fully saturated rings. The lowest BCUT2D eigenvalue weighted by Gasteiger charge is -2.12. The average molecular weight is 391 g/mol. The lowest BCUT2D eigenvalue weighted by molar-refractivity contribution is -0.123. The van der Waals surface area contributed by atoms with Gasteiger partial charge in [-0.05, 0) is 35.7 Å². The topological polar surface area (TPSA) is 56.8 Å². The third-order valence-electron chi connectivity index (χ3n) is 4.51. The molecule has 150 valence electrons. The van der Waals surface area contributed by atoms with Crippen molar-refractivity contribution in [2.24, 2.45) is 0 Å². The summed E-state index contributed by atoms with van der Waals surface area (Å²) in [6.45, 7) is 0.480. The van der Waals surface area contributed by atoms with Crippen LogP contribution in [0.25, 0.3) is 11.1 Å². The summed E-state index contributed by atoms with van der Waals surface area (Å²) in [6.07, 6.45) is 0.687. The highest BCUT2D eigenvalue weighted by Gasteiger charge is 2.09. The number of carbonyl (C=O) groups excluding carboxylic acids is 1. The van der Waals surface area contributed by atoms with Crippen molar-refractivity contribution in [3.63, 3.8) is 0 Å². The van der Waals surface area contributed by atoms with Crippen LogP contribution in [0.1, 0.15) is 5.56 Å². The van der Waals surface area contributed by atoms with Crippen LogP contribution >= 0.6 is 0 Å². The van der Waals surface area contributed by atoms with E-state index in [0.717, 1.165) is 16.7 Å². The van der Waals surface area contributed by atoms with Crippen LogP contribution in [0.3, 0.4) is 0 Å². The molecule has 3 rings (SSSR count). The van der Waals surface area contributed by atoms with Gasteiger partial charge in [0, 0.05) is 12.1 Å². The second-order valence-corrected chi connectivity index (χ2v) is 6.44. The minimum absolute atomic E-state index is 0.0320. The third kappa shape index (κ3) is 5.51. The Morgan fingerprint density at radius 3 is 2.31 bits per heavy atom. The number of hydrogen-bond donors (Lipinski definition) is 1. The maximum atomic E-state index is 12.2. The zero-order valence-corrected chi connectivity index (χ0v) is 16.7. The predicted octanol–water partition coefficient (Wildman–Crippen LogP) is 4.11. The Hall–Kier alpha value is -3.47. The molecule has 0 aliphatic rings. The van der Waals surface area contributed by atoms with E-state index in [9.17, 15) is 4.79 Å². The molecule has 1 amide bonds. The number of amides is 1. The van der Waals surface area contributed by atoms with E-state index in [1.165, 1.54) is 0 Å². The quantitative estimate of drug-likeness (QED) is 0.596. The summed E-state index contributed by atoms with van der Waals surface area (Å²) in [6, 6.07) is 23.4. The first-order chi connectivity index (χ1) is 14.2. The van der Waals surface area contributed by atoms with Gasteiger partial charge in [0.2, 0.25) is 0 Å². The molecule has 3 aromatic carbocycles. The van der Waals surface area contributed by atoms with Gasteiger partial charge in [0.15, 0.2) is 18.1 Å². The summed E-state index contributed by atoms with van der Waals surface area (Å²) in [4.78, 5) is 12.2. The highest BCUT2D eigenvalue weighted by Crippen LogP contribution is 2.29. The SMILES string of the molecule is COc1ccc(CCNC(=O)COc2ccccc2-c2ccccc2)cc1OC. The summed E-state index contributed by atoms with van der Waals surface area (Å²) >= 11 is 0. The number of rotatable bonds is 9. The summed E-state index contributed by atoms with van der Waals surface area (Å²) in [5.74, 6) is 1.89. The molecule has 5 heteroatoms. The molecule has 0 saturated carbocycles.